The molecule has 0 bridgehead atoms. The molecular weight excluding hydrogens is 251 g/mol. The van der Waals surface area contributed by atoms with Gasteiger partial charge in [-0.1, -0.05) is 18.0 Å². The van der Waals surface area contributed by atoms with Crippen LogP contribution in [0.5, 0.6) is 0 Å². The van der Waals surface area contributed by atoms with Crippen molar-refractivity contribution in [2.24, 2.45) is 0 Å². The Hall–Kier alpha value is -0.740. The van der Waals surface area contributed by atoms with Crippen LogP contribution in [0.2, 0.25) is 5.02 Å². The molecule has 5 heteroatoms. The topological polar surface area (TPSA) is 12.0 Å². The van der Waals surface area contributed by atoms with Gasteiger partial charge >= 0.3 is 0 Å². The van der Waals surface area contributed by atoms with E-state index in [9.17, 15) is 13.2 Å². The van der Waals surface area contributed by atoms with Gasteiger partial charge in [0.15, 0.2) is 5.82 Å². The Morgan fingerprint density at radius 1 is 1.24 bits per heavy atom. The van der Waals surface area contributed by atoms with E-state index in [-0.39, 0.29) is 18.0 Å². The molecule has 1 aliphatic heterocycles. The van der Waals surface area contributed by atoms with Crippen LogP contribution in [0.4, 0.5) is 13.2 Å². The molecule has 1 unspecified atom stereocenters. The first-order valence-electron chi connectivity index (χ1n) is 5.65. The Labute approximate surface area is 103 Å². The molecule has 1 aliphatic rings. The highest BCUT2D eigenvalue weighted by molar-refractivity contribution is 6.30. The molecule has 0 aromatic heterocycles. The Kier molecular flexibility index (Phi) is 3.94. The van der Waals surface area contributed by atoms with E-state index >= 15 is 0 Å². The number of halogens is 4. The van der Waals surface area contributed by atoms with Crippen molar-refractivity contribution in [2.75, 3.05) is 6.54 Å². The predicted molar refractivity (Wildman–Crippen MR) is 60.7 cm³/mol. The molecule has 1 N–H and O–H groups in total. The SMILES string of the molecule is Fc1cc(F)c(CC2CCCCN2)c(F)c1Cl. The summed E-state index contributed by atoms with van der Waals surface area (Å²) in [4.78, 5) is 0. The van der Waals surface area contributed by atoms with E-state index in [0.717, 1.165) is 25.8 Å². The highest BCUT2D eigenvalue weighted by Gasteiger charge is 2.21. The summed E-state index contributed by atoms with van der Waals surface area (Å²) in [5, 5.41) is 2.56. The van der Waals surface area contributed by atoms with E-state index in [0.29, 0.717) is 6.07 Å². The van der Waals surface area contributed by atoms with Crippen molar-refractivity contribution >= 4 is 11.6 Å². The fourth-order valence-electron chi connectivity index (χ4n) is 2.14. The van der Waals surface area contributed by atoms with E-state index in [1.54, 1.807) is 0 Å². The van der Waals surface area contributed by atoms with Crippen molar-refractivity contribution in [3.8, 4) is 0 Å². The summed E-state index contributed by atoms with van der Waals surface area (Å²) in [6.07, 6.45) is 3.19. The molecule has 1 heterocycles. The van der Waals surface area contributed by atoms with Crippen molar-refractivity contribution in [3.05, 3.63) is 34.1 Å². The molecule has 1 aromatic rings. The van der Waals surface area contributed by atoms with Crippen molar-refractivity contribution in [1.82, 2.24) is 5.32 Å². The first-order valence-corrected chi connectivity index (χ1v) is 6.02. The van der Waals surface area contributed by atoms with Gasteiger partial charge in [-0.2, -0.15) is 0 Å². The molecule has 1 nitrogen and oxygen atoms in total. The zero-order valence-electron chi connectivity index (χ0n) is 9.20. The zero-order valence-corrected chi connectivity index (χ0v) is 9.96. The second-order valence-corrected chi connectivity index (χ2v) is 4.68. The molecule has 0 spiro atoms. The summed E-state index contributed by atoms with van der Waals surface area (Å²) < 4.78 is 40.1. The van der Waals surface area contributed by atoms with Crippen LogP contribution in [0.3, 0.4) is 0 Å². The Balaban J connectivity index is 2.22. The molecule has 17 heavy (non-hydrogen) atoms. The van der Waals surface area contributed by atoms with Crippen LogP contribution in [0.1, 0.15) is 24.8 Å². The Morgan fingerprint density at radius 3 is 2.65 bits per heavy atom. The van der Waals surface area contributed by atoms with Crippen LogP contribution in [-0.4, -0.2) is 12.6 Å². The highest BCUT2D eigenvalue weighted by atomic mass is 35.5. The van der Waals surface area contributed by atoms with Crippen molar-refractivity contribution in [2.45, 2.75) is 31.7 Å². The first kappa shape index (κ1) is 12.7. The van der Waals surface area contributed by atoms with Crippen molar-refractivity contribution < 1.29 is 13.2 Å². The number of benzene rings is 1. The van der Waals surface area contributed by atoms with Crippen LogP contribution in [0.25, 0.3) is 0 Å². The van der Waals surface area contributed by atoms with Gasteiger partial charge < -0.3 is 5.32 Å². The van der Waals surface area contributed by atoms with Gasteiger partial charge in [-0.05, 0) is 25.8 Å². The van der Waals surface area contributed by atoms with E-state index in [2.05, 4.69) is 5.32 Å². The minimum Gasteiger partial charge on any atom is -0.314 e. The average molecular weight is 264 g/mol. The van der Waals surface area contributed by atoms with Crippen LogP contribution in [0.15, 0.2) is 6.07 Å². The first-order chi connectivity index (χ1) is 8.09. The van der Waals surface area contributed by atoms with Gasteiger partial charge in [0.1, 0.15) is 16.7 Å². The van der Waals surface area contributed by atoms with Crippen molar-refractivity contribution in [3.63, 3.8) is 0 Å². The van der Waals surface area contributed by atoms with Gasteiger partial charge in [-0.15, -0.1) is 0 Å². The third-order valence-corrected chi connectivity index (χ3v) is 3.42. The minimum absolute atomic E-state index is 0.0364. The molecule has 1 atom stereocenters. The lowest BCUT2D eigenvalue weighted by atomic mass is 9.97. The Morgan fingerprint density at radius 2 is 2.00 bits per heavy atom. The van der Waals surface area contributed by atoms with Gasteiger partial charge in [0.2, 0.25) is 0 Å². The van der Waals surface area contributed by atoms with Gasteiger partial charge in [0, 0.05) is 17.7 Å². The molecule has 0 saturated carbocycles. The quantitative estimate of drug-likeness (QED) is 0.637. The third kappa shape index (κ3) is 2.75. The maximum absolute atomic E-state index is 13.6. The van der Waals surface area contributed by atoms with Gasteiger partial charge in [0.05, 0.1) is 0 Å². The number of hydrogen-bond acceptors (Lipinski definition) is 1. The van der Waals surface area contributed by atoms with Gasteiger partial charge in [-0.25, -0.2) is 13.2 Å². The molecule has 1 aromatic carbocycles. The molecule has 0 aliphatic carbocycles. The normalized spacial score (nSPS) is 20.6. The fraction of sp³-hybridized carbons (Fsp3) is 0.500. The summed E-state index contributed by atoms with van der Waals surface area (Å²) in [6, 6.07) is 0.679. The lowest BCUT2D eigenvalue weighted by Gasteiger charge is -2.23. The zero-order chi connectivity index (χ0) is 12.4. The van der Waals surface area contributed by atoms with Crippen molar-refractivity contribution in [1.29, 1.82) is 0 Å². The number of nitrogens with one attached hydrogen (secondary N) is 1. The summed E-state index contributed by atoms with van der Waals surface area (Å²) >= 11 is 5.44. The maximum Gasteiger partial charge on any atom is 0.150 e. The maximum atomic E-state index is 13.6. The molecule has 1 fully saturated rings. The summed E-state index contributed by atoms with van der Waals surface area (Å²) in [7, 11) is 0. The van der Waals surface area contributed by atoms with Gasteiger partial charge in [0.25, 0.3) is 0 Å². The predicted octanol–water partition coefficient (Wildman–Crippen LogP) is 3.44. The Bertz CT molecular complexity index is 417. The van der Waals surface area contributed by atoms with Crippen LogP contribution < -0.4 is 5.32 Å². The molecule has 0 amide bonds. The summed E-state index contributed by atoms with van der Waals surface area (Å²) in [5.41, 5.74) is -0.129. The molecule has 2 rings (SSSR count). The monoisotopic (exact) mass is 263 g/mol. The molecular formula is C12H13ClF3N. The van der Waals surface area contributed by atoms with E-state index < -0.39 is 22.5 Å². The number of piperidine rings is 1. The largest absolute Gasteiger partial charge is 0.314 e. The smallest absolute Gasteiger partial charge is 0.150 e. The van der Waals surface area contributed by atoms with Crippen LogP contribution in [0, 0.1) is 17.5 Å². The molecule has 0 radical (unpaired) electrons. The molecule has 94 valence electrons. The van der Waals surface area contributed by atoms with Gasteiger partial charge in [-0.3, -0.25) is 0 Å². The lowest BCUT2D eigenvalue weighted by molar-refractivity contribution is 0.388. The lowest BCUT2D eigenvalue weighted by Crippen LogP contribution is -2.36. The summed E-state index contributed by atoms with van der Waals surface area (Å²) in [5.74, 6) is -2.89. The second kappa shape index (κ2) is 5.27. The van der Waals surface area contributed by atoms with E-state index in [4.69, 9.17) is 11.6 Å². The highest BCUT2D eigenvalue weighted by Crippen LogP contribution is 2.26. The summed E-state index contributed by atoms with van der Waals surface area (Å²) in [6.45, 7) is 0.850. The number of rotatable bonds is 2. The fourth-order valence-corrected chi connectivity index (χ4v) is 2.30. The number of hydrogen-bond donors (Lipinski definition) is 1. The van der Waals surface area contributed by atoms with Crippen LogP contribution in [-0.2, 0) is 6.42 Å². The second-order valence-electron chi connectivity index (χ2n) is 4.30. The van der Waals surface area contributed by atoms with Crippen LogP contribution >= 0.6 is 11.6 Å². The van der Waals surface area contributed by atoms with E-state index in [1.807, 2.05) is 0 Å². The third-order valence-electron chi connectivity index (χ3n) is 3.07. The average Bonchev–Trinajstić information content (AvgIpc) is 2.33. The standard InChI is InChI=1S/C12H13ClF3N/c13-11-10(15)6-9(14)8(12(11)16)5-7-3-1-2-4-17-7/h6-7,17H,1-5H2. The van der Waals surface area contributed by atoms with E-state index in [1.165, 1.54) is 0 Å². The minimum atomic E-state index is -1.05. The molecule has 1 saturated heterocycles.